The number of rotatable bonds is 8. The van der Waals surface area contributed by atoms with Crippen LogP contribution in [0.5, 0.6) is 0 Å². The van der Waals surface area contributed by atoms with Crippen LogP contribution in [-0.4, -0.2) is 9.13 Å². The zero-order chi connectivity index (χ0) is 59.6. The van der Waals surface area contributed by atoms with Crippen LogP contribution >= 0.6 is 0 Å². The average molecular weight is 1130 g/mol. The molecule has 0 fully saturated rings. The number of nitrogens with zero attached hydrogens (tertiary/aromatic N) is 7. The molecule has 2 heterocycles. The molecule has 13 heteroatoms. The van der Waals surface area contributed by atoms with Crippen molar-refractivity contribution in [3.63, 3.8) is 0 Å². The number of hydrogen-bond donors (Lipinski definition) is 0. The second-order valence-electron chi connectivity index (χ2n) is 20.6. The van der Waals surface area contributed by atoms with Crippen molar-refractivity contribution in [2.75, 3.05) is 0 Å². The number of benzene rings is 11. The summed E-state index contributed by atoms with van der Waals surface area (Å²) in [5.41, 5.74) is 8.03. The zero-order valence-corrected chi connectivity index (χ0v) is 44.8. The minimum absolute atomic E-state index is 0.0436. The third kappa shape index (κ3) is 9.18. The Balaban J connectivity index is 1.15. The smallest absolute Gasteiger partial charge is 0.309 e. The Kier molecular flexibility index (Phi) is 12.9. The minimum Gasteiger partial charge on any atom is -0.309 e. The predicted molar refractivity (Wildman–Crippen MR) is 321 cm³/mol. The van der Waals surface area contributed by atoms with E-state index in [1.54, 1.807) is 78.9 Å². The maximum Gasteiger partial charge on any atom is 0.417 e. The Morgan fingerprint density at radius 1 is 0.291 bits per heavy atom. The second kappa shape index (κ2) is 20.8. The Morgan fingerprint density at radius 2 is 0.628 bits per heavy atom. The van der Waals surface area contributed by atoms with E-state index in [-0.39, 0.29) is 28.3 Å². The van der Waals surface area contributed by atoms with Crippen LogP contribution in [0.15, 0.2) is 224 Å². The molecule has 0 amide bonds. The van der Waals surface area contributed by atoms with Crippen LogP contribution in [0.2, 0.25) is 0 Å². The number of halogens is 6. The summed E-state index contributed by atoms with van der Waals surface area (Å²) >= 11 is 0. The number of hydrogen-bond acceptors (Lipinski definition) is 5. The van der Waals surface area contributed by atoms with Crippen molar-refractivity contribution in [3.05, 3.63) is 263 Å². The van der Waals surface area contributed by atoms with Crippen molar-refractivity contribution in [1.29, 1.82) is 26.3 Å². The zero-order valence-electron chi connectivity index (χ0n) is 44.8. The van der Waals surface area contributed by atoms with E-state index in [2.05, 4.69) is 30.3 Å². The summed E-state index contributed by atoms with van der Waals surface area (Å²) in [6.45, 7) is 0. The first-order valence-corrected chi connectivity index (χ1v) is 26.8. The lowest BCUT2D eigenvalue weighted by molar-refractivity contribution is -0.142. The molecule has 0 atom stereocenters. The van der Waals surface area contributed by atoms with Crippen molar-refractivity contribution in [3.8, 4) is 108 Å². The lowest BCUT2D eigenvalue weighted by atomic mass is 9.86. The predicted octanol–water partition coefficient (Wildman–Crippen LogP) is 19.3. The molecular weight excluding hydrogens is 1090 g/mol. The monoisotopic (exact) mass is 1130 g/mol. The van der Waals surface area contributed by atoms with Gasteiger partial charge in [0, 0.05) is 32.7 Å². The van der Waals surface area contributed by atoms with Crippen LogP contribution < -0.4 is 0 Å². The maximum atomic E-state index is 15.8. The van der Waals surface area contributed by atoms with Gasteiger partial charge in [0.25, 0.3) is 0 Å². The van der Waals surface area contributed by atoms with E-state index in [0.29, 0.717) is 72.5 Å². The average Bonchev–Trinajstić information content (AvgIpc) is 1.53. The van der Waals surface area contributed by atoms with Gasteiger partial charge in [-0.2, -0.15) is 52.7 Å². The molecule has 0 aliphatic heterocycles. The molecule has 2 aromatic heterocycles. The van der Waals surface area contributed by atoms with Gasteiger partial charge in [0.15, 0.2) is 0 Å². The highest BCUT2D eigenvalue weighted by atomic mass is 19.4. The Morgan fingerprint density at radius 3 is 0.953 bits per heavy atom. The van der Waals surface area contributed by atoms with E-state index >= 15 is 13.2 Å². The summed E-state index contributed by atoms with van der Waals surface area (Å²) < 4.78 is 94.7. The van der Waals surface area contributed by atoms with Crippen molar-refractivity contribution in [2.45, 2.75) is 12.4 Å². The fourth-order valence-electron chi connectivity index (χ4n) is 11.7. The van der Waals surface area contributed by atoms with Gasteiger partial charge in [-0.15, -0.1) is 0 Å². The summed E-state index contributed by atoms with van der Waals surface area (Å²) in [7, 11) is 0. The fraction of sp³-hybridized carbons (Fsp3) is 0.0274. The van der Waals surface area contributed by atoms with Crippen LogP contribution in [-0.2, 0) is 12.4 Å². The van der Waals surface area contributed by atoms with E-state index in [4.69, 9.17) is 0 Å². The third-order valence-electron chi connectivity index (χ3n) is 15.8. The van der Waals surface area contributed by atoms with E-state index in [9.17, 15) is 39.5 Å². The van der Waals surface area contributed by atoms with Gasteiger partial charge in [-0.25, -0.2) is 0 Å². The number of fused-ring (bicyclic) bond motifs is 6. The first-order valence-electron chi connectivity index (χ1n) is 26.8. The molecule has 0 aliphatic rings. The van der Waals surface area contributed by atoms with Crippen LogP contribution in [0.3, 0.4) is 0 Å². The molecule has 0 radical (unpaired) electrons. The third-order valence-corrected chi connectivity index (χ3v) is 15.8. The highest BCUT2D eigenvalue weighted by Crippen LogP contribution is 2.50. The summed E-state index contributed by atoms with van der Waals surface area (Å²) in [4.78, 5) is 0. The molecule has 7 nitrogen and oxygen atoms in total. The number of nitriles is 5. The molecule has 0 unspecified atom stereocenters. The molecule has 86 heavy (non-hydrogen) atoms. The summed E-state index contributed by atoms with van der Waals surface area (Å²) in [6, 6.07) is 74.1. The summed E-state index contributed by atoms with van der Waals surface area (Å²) in [5, 5.41) is 52.9. The van der Waals surface area contributed by atoms with Crippen LogP contribution in [0.1, 0.15) is 38.9 Å². The molecule has 0 aliphatic carbocycles. The van der Waals surface area contributed by atoms with Gasteiger partial charge >= 0.3 is 12.4 Å². The van der Waals surface area contributed by atoms with Gasteiger partial charge < -0.3 is 9.13 Å². The topological polar surface area (TPSA) is 129 Å². The molecule has 13 aromatic rings. The second-order valence-corrected chi connectivity index (χ2v) is 20.6. The molecule has 13 rings (SSSR count). The van der Waals surface area contributed by atoms with Gasteiger partial charge in [0.05, 0.1) is 103 Å². The minimum atomic E-state index is -5.30. The van der Waals surface area contributed by atoms with Crippen LogP contribution in [0.25, 0.3) is 122 Å². The molecule has 0 spiro atoms. The van der Waals surface area contributed by atoms with E-state index < -0.39 is 29.0 Å². The Hall–Kier alpha value is -12.0. The first kappa shape index (κ1) is 53.4. The van der Waals surface area contributed by atoms with Gasteiger partial charge in [-0.3, -0.25) is 0 Å². The molecule has 0 saturated heterocycles. The lowest BCUT2D eigenvalue weighted by Crippen LogP contribution is -2.13. The Labute approximate surface area is 487 Å². The quantitative estimate of drug-likeness (QED) is 0.140. The van der Waals surface area contributed by atoms with Crippen molar-refractivity contribution in [1.82, 2.24) is 9.13 Å². The van der Waals surface area contributed by atoms with Crippen molar-refractivity contribution < 1.29 is 26.3 Å². The SMILES string of the molecule is N#Cc1ccc(-c2ccc3c(c2)c2cc(-c4ccc(C#N)cc4)ccc2n3-c2cccc(C#N)c2-c2c(-c3ccc(C(F)(F)F)cc3C(F)(F)F)cccc2-n2c3ccc(-c4ccc(C#N)cc4)cc3c3cc(-c4ccc(C#N)cc4)ccc32)cc1. The van der Waals surface area contributed by atoms with Crippen LogP contribution in [0, 0.1) is 56.7 Å². The molecule has 0 N–H and O–H groups in total. The largest absolute Gasteiger partial charge is 0.417 e. The molecule has 406 valence electrons. The maximum absolute atomic E-state index is 15.8. The standard InChI is InChI=1S/C73H37F6N7/c74-72(75,76)56-27-28-57(63(37-56)73(77,78)79)58-4-2-6-69(86-66-31-25-53(49-19-11-45(40-82)12-20-49)35-61(66)62-36-54(26-32-67(62)86)50-21-13-46(41-83)14-22-50)71(58)70-55(42-84)3-1-5-68(70)85-64-29-23-51(47-15-7-43(38-80)8-16-47)33-59(64)60-34-52(24-30-65(60)85)48-17-9-44(39-81)10-18-48/h1-37H. The van der Waals surface area contributed by atoms with E-state index in [1.807, 2.05) is 130 Å². The Bertz CT molecular complexity index is 4940. The first-order chi connectivity index (χ1) is 41.7. The molecule has 11 aromatic carbocycles. The van der Waals surface area contributed by atoms with Crippen molar-refractivity contribution >= 4 is 43.6 Å². The summed E-state index contributed by atoms with van der Waals surface area (Å²) in [6.07, 6.45) is -10.4. The molecular formula is C73H37F6N7. The lowest BCUT2D eigenvalue weighted by Gasteiger charge is -2.24. The molecule has 0 saturated carbocycles. The number of aromatic nitrogens is 2. The van der Waals surface area contributed by atoms with Gasteiger partial charge in [-0.05, 0) is 183 Å². The normalized spacial score (nSPS) is 11.5. The highest BCUT2D eigenvalue weighted by Gasteiger charge is 2.39. The van der Waals surface area contributed by atoms with Gasteiger partial charge in [0.1, 0.15) is 0 Å². The van der Waals surface area contributed by atoms with E-state index in [1.165, 1.54) is 6.07 Å². The van der Waals surface area contributed by atoms with Crippen molar-refractivity contribution in [2.24, 2.45) is 0 Å². The summed E-state index contributed by atoms with van der Waals surface area (Å²) in [5.74, 6) is 0. The molecule has 0 bridgehead atoms. The fourth-order valence-corrected chi connectivity index (χ4v) is 11.7. The van der Waals surface area contributed by atoms with E-state index in [0.717, 1.165) is 61.3 Å². The number of alkyl halides is 6. The van der Waals surface area contributed by atoms with Gasteiger partial charge in [0.2, 0.25) is 0 Å². The van der Waals surface area contributed by atoms with Crippen LogP contribution in [0.4, 0.5) is 26.3 Å². The highest BCUT2D eigenvalue weighted by molar-refractivity contribution is 6.15. The van der Waals surface area contributed by atoms with Gasteiger partial charge in [-0.1, -0.05) is 97.1 Å².